The lowest BCUT2D eigenvalue weighted by Crippen LogP contribution is -2.11. The van der Waals surface area contributed by atoms with Crippen LogP contribution in [0.5, 0.6) is 0 Å². The molecule has 1 atom stereocenters. The van der Waals surface area contributed by atoms with Crippen LogP contribution in [-0.2, 0) is 4.74 Å². The molecule has 0 saturated carbocycles. The molecular weight excluding hydrogens is 246 g/mol. The molecule has 0 spiro atoms. The van der Waals surface area contributed by atoms with Gasteiger partial charge in [-0.25, -0.2) is 14.5 Å². The average Bonchev–Trinajstić information content (AvgIpc) is 2.95. The zero-order valence-electron chi connectivity index (χ0n) is 10.8. The van der Waals surface area contributed by atoms with Crippen molar-refractivity contribution in [1.29, 1.82) is 0 Å². The molecule has 0 aliphatic rings. The highest BCUT2D eigenvalue weighted by atomic mass is 16.5. The molecule has 7 heteroatoms. The monoisotopic (exact) mass is 261 g/mol. The van der Waals surface area contributed by atoms with Gasteiger partial charge >= 0.3 is 5.97 Å². The van der Waals surface area contributed by atoms with E-state index >= 15 is 0 Å². The van der Waals surface area contributed by atoms with Crippen molar-refractivity contribution in [3.63, 3.8) is 0 Å². The smallest absolute Gasteiger partial charge is 0.377 e. The van der Waals surface area contributed by atoms with E-state index in [1.807, 2.05) is 19.1 Å². The summed E-state index contributed by atoms with van der Waals surface area (Å²) in [6.07, 6.45) is 3.89. The van der Waals surface area contributed by atoms with E-state index in [2.05, 4.69) is 19.8 Å². The lowest BCUT2D eigenvalue weighted by Gasteiger charge is -2.08. The predicted octanol–water partition coefficient (Wildman–Crippen LogP) is 0.859. The molecule has 100 valence electrons. The van der Waals surface area contributed by atoms with Crippen LogP contribution >= 0.6 is 0 Å². The third kappa shape index (κ3) is 2.76. The van der Waals surface area contributed by atoms with E-state index in [9.17, 15) is 4.79 Å². The van der Waals surface area contributed by atoms with Crippen molar-refractivity contribution in [2.75, 3.05) is 7.11 Å². The highest BCUT2D eigenvalue weighted by Gasteiger charge is 2.12. The first-order valence-corrected chi connectivity index (χ1v) is 5.87. The van der Waals surface area contributed by atoms with E-state index in [4.69, 9.17) is 5.73 Å². The van der Waals surface area contributed by atoms with Gasteiger partial charge in [-0.05, 0) is 18.6 Å². The van der Waals surface area contributed by atoms with E-state index < -0.39 is 5.97 Å². The molecule has 2 heterocycles. The fraction of sp³-hybridized carbons (Fsp3) is 0.333. The molecule has 0 fully saturated rings. The first-order chi connectivity index (χ1) is 9.15. The lowest BCUT2D eigenvalue weighted by molar-refractivity contribution is 0.0587. The van der Waals surface area contributed by atoms with Gasteiger partial charge in [0.2, 0.25) is 0 Å². The molecule has 2 aromatic rings. The minimum Gasteiger partial charge on any atom is -0.463 e. The van der Waals surface area contributed by atoms with Crippen molar-refractivity contribution in [3.8, 4) is 5.69 Å². The summed E-state index contributed by atoms with van der Waals surface area (Å²) in [4.78, 5) is 19.4. The fourth-order valence-corrected chi connectivity index (χ4v) is 1.53. The molecule has 19 heavy (non-hydrogen) atoms. The van der Waals surface area contributed by atoms with Gasteiger partial charge in [0.05, 0.1) is 24.7 Å². The summed E-state index contributed by atoms with van der Waals surface area (Å²) in [6.45, 7) is 2.00. The number of aromatic nitrogens is 4. The van der Waals surface area contributed by atoms with Gasteiger partial charge in [0.25, 0.3) is 5.82 Å². The number of carbonyl (C=O) groups is 1. The molecule has 2 aromatic heterocycles. The minimum atomic E-state index is -0.573. The Balaban J connectivity index is 2.22. The van der Waals surface area contributed by atoms with Crippen molar-refractivity contribution >= 4 is 5.97 Å². The molecule has 0 saturated heterocycles. The summed E-state index contributed by atoms with van der Waals surface area (Å²) in [5, 5.41) is 4.01. The van der Waals surface area contributed by atoms with E-state index in [0.717, 1.165) is 12.1 Å². The molecule has 0 radical (unpaired) electrons. The zero-order chi connectivity index (χ0) is 13.8. The Hall–Kier alpha value is -2.28. The van der Waals surface area contributed by atoms with Gasteiger partial charge in [-0.3, -0.25) is 4.98 Å². The molecule has 0 amide bonds. The number of ether oxygens (including phenoxy) is 1. The van der Waals surface area contributed by atoms with E-state index in [0.29, 0.717) is 5.69 Å². The topological polar surface area (TPSA) is 95.9 Å². The van der Waals surface area contributed by atoms with Gasteiger partial charge < -0.3 is 10.5 Å². The van der Waals surface area contributed by atoms with Crippen LogP contribution in [0.15, 0.2) is 24.7 Å². The first-order valence-electron chi connectivity index (χ1n) is 5.87. The van der Waals surface area contributed by atoms with Crippen LogP contribution in [0, 0.1) is 0 Å². The largest absolute Gasteiger partial charge is 0.463 e. The number of pyridine rings is 1. The number of hydrogen-bond acceptors (Lipinski definition) is 6. The summed E-state index contributed by atoms with van der Waals surface area (Å²) in [7, 11) is 1.28. The summed E-state index contributed by atoms with van der Waals surface area (Å²) >= 11 is 0. The van der Waals surface area contributed by atoms with Crippen LogP contribution in [-0.4, -0.2) is 32.8 Å². The van der Waals surface area contributed by atoms with Gasteiger partial charge in [0.1, 0.15) is 6.33 Å². The average molecular weight is 261 g/mol. The first kappa shape index (κ1) is 13.2. The second-order valence-corrected chi connectivity index (χ2v) is 3.96. The van der Waals surface area contributed by atoms with Crippen molar-refractivity contribution in [1.82, 2.24) is 19.7 Å². The van der Waals surface area contributed by atoms with E-state index in [1.165, 1.54) is 18.1 Å². The molecule has 7 nitrogen and oxygen atoms in total. The second-order valence-electron chi connectivity index (χ2n) is 3.96. The number of nitrogens with two attached hydrogens (primary N) is 1. The van der Waals surface area contributed by atoms with E-state index in [1.54, 1.807) is 6.20 Å². The molecule has 1 unspecified atom stereocenters. The molecule has 0 aromatic carbocycles. The molecule has 0 aliphatic heterocycles. The summed E-state index contributed by atoms with van der Waals surface area (Å²) in [5.41, 5.74) is 7.41. The number of hydrogen-bond donors (Lipinski definition) is 1. The Bertz CT molecular complexity index is 564. The fourth-order valence-electron chi connectivity index (χ4n) is 1.53. The molecule has 2 rings (SSSR count). The number of methoxy groups -OCH3 is 1. The van der Waals surface area contributed by atoms with Crippen LogP contribution in [0.2, 0.25) is 0 Å². The Morgan fingerprint density at radius 1 is 1.47 bits per heavy atom. The van der Waals surface area contributed by atoms with Gasteiger partial charge in [-0.15, -0.1) is 5.10 Å². The van der Waals surface area contributed by atoms with Gasteiger partial charge in [-0.2, -0.15) is 0 Å². The van der Waals surface area contributed by atoms with Crippen LogP contribution in [0.4, 0.5) is 0 Å². The van der Waals surface area contributed by atoms with Gasteiger partial charge in [0, 0.05) is 6.04 Å². The SMILES string of the molecule is CCC(N)c1ccc(-n2cnc(C(=O)OC)n2)cn1. The third-order valence-corrected chi connectivity index (χ3v) is 2.71. The van der Waals surface area contributed by atoms with Crippen molar-refractivity contribution in [2.45, 2.75) is 19.4 Å². The van der Waals surface area contributed by atoms with Gasteiger partial charge in [-0.1, -0.05) is 6.92 Å². The molecule has 0 bridgehead atoms. The number of rotatable bonds is 4. The maximum Gasteiger partial charge on any atom is 0.377 e. The predicted molar refractivity (Wildman–Crippen MR) is 67.7 cm³/mol. The van der Waals surface area contributed by atoms with Crippen LogP contribution in [0.25, 0.3) is 5.69 Å². The van der Waals surface area contributed by atoms with Crippen LogP contribution in [0.1, 0.15) is 35.7 Å². The standard InChI is InChI=1S/C12H15N5O2/c1-3-9(13)10-5-4-8(6-14-10)17-7-15-11(16-17)12(18)19-2/h4-7,9H,3,13H2,1-2H3. The Labute approximate surface area is 110 Å². The Morgan fingerprint density at radius 2 is 2.26 bits per heavy atom. The Kier molecular flexibility index (Phi) is 3.86. The van der Waals surface area contributed by atoms with Crippen molar-refractivity contribution < 1.29 is 9.53 Å². The quantitative estimate of drug-likeness (QED) is 0.820. The second kappa shape index (κ2) is 5.57. The Morgan fingerprint density at radius 3 is 2.84 bits per heavy atom. The summed E-state index contributed by atoms with van der Waals surface area (Å²) < 4.78 is 6.00. The minimum absolute atomic E-state index is 0.0110. The molecular formula is C12H15N5O2. The highest BCUT2D eigenvalue weighted by Crippen LogP contribution is 2.12. The third-order valence-electron chi connectivity index (χ3n) is 2.71. The normalized spacial score (nSPS) is 12.2. The maximum absolute atomic E-state index is 11.2. The van der Waals surface area contributed by atoms with Crippen LogP contribution < -0.4 is 5.73 Å². The summed E-state index contributed by atoms with van der Waals surface area (Å²) in [5.74, 6) is -0.562. The van der Waals surface area contributed by atoms with Crippen LogP contribution in [0.3, 0.4) is 0 Å². The summed E-state index contributed by atoms with van der Waals surface area (Å²) in [6, 6.07) is 3.59. The van der Waals surface area contributed by atoms with Crippen molar-refractivity contribution in [3.05, 3.63) is 36.2 Å². The van der Waals surface area contributed by atoms with Crippen molar-refractivity contribution in [2.24, 2.45) is 5.73 Å². The lowest BCUT2D eigenvalue weighted by atomic mass is 10.1. The highest BCUT2D eigenvalue weighted by molar-refractivity contribution is 5.84. The maximum atomic E-state index is 11.2. The number of esters is 1. The number of carbonyl (C=O) groups excluding carboxylic acids is 1. The van der Waals surface area contributed by atoms with E-state index in [-0.39, 0.29) is 11.9 Å². The molecule has 0 aliphatic carbocycles. The van der Waals surface area contributed by atoms with Gasteiger partial charge in [0.15, 0.2) is 0 Å². The number of nitrogens with zero attached hydrogens (tertiary/aromatic N) is 4. The molecule has 2 N–H and O–H groups in total. The zero-order valence-corrected chi connectivity index (χ0v) is 10.8.